The largest absolute Gasteiger partial charge is 0.380 e. The summed E-state index contributed by atoms with van der Waals surface area (Å²) in [7, 11) is 0. The summed E-state index contributed by atoms with van der Waals surface area (Å²) in [4.78, 5) is 0. The van der Waals surface area contributed by atoms with Gasteiger partial charge in [0.15, 0.2) is 0 Å². The van der Waals surface area contributed by atoms with Gasteiger partial charge < -0.3 is 5.32 Å². The third kappa shape index (κ3) is 2.95. The lowest BCUT2D eigenvalue weighted by molar-refractivity contribution is 0.626. The first-order valence-corrected chi connectivity index (χ1v) is 6.26. The molecule has 94 valence electrons. The quantitative estimate of drug-likeness (QED) is 0.831. The van der Waals surface area contributed by atoms with Gasteiger partial charge in [0.25, 0.3) is 0 Å². The van der Waals surface area contributed by atoms with E-state index in [-0.39, 0.29) is 5.02 Å². The molecule has 0 unspecified atom stereocenters. The second-order valence-electron chi connectivity index (χ2n) is 4.05. The standard InChI is InChI=1S/C14H12Cl2FN/c1-9-5-6-13(11(15)7-9)18-8-10-3-2-4-12(17)14(10)16/h2-7,18H,8H2,1H3. The second-order valence-corrected chi connectivity index (χ2v) is 4.83. The fourth-order valence-corrected chi connectivity index (χ4v) is 2.13. The second kappa shape index (κ2) is 5.59. The fourth-order valence-electron chi connectivity index (χ4n) is 1.64. The Morgan fingerprint density at radius 1 is 1.17 bits per heavy atom. The normalized spacial score (nSPS) is 10.4. The lowest BCUT2D eigenvalue weighted by atomic mass is 10.2. The van der Waals surface area contributed by atoms with Crippen molar-refractivity contribution in [3.05, 3.63) is 63.4 Å². The van der Waals surface area contributed by atoms with Crippen LogP contribution in [0.25, 0.3) is 0 Å². The van der Waals surface area contributed by atoms with Gasteiger partial charge in [0, 0.05) is 6.54 Å². The molecular formula is C14H12Cl2FN. The Morgan fingerprint density at radius 2 is 1.94 bits per heavy atom. The van der Waals surface area contributed by atoms with Crippen molar-refractivity contribution in [3.8, 4) is 0 Å². The molecule has 18 heavy (non-hydrogen) atoms. The first-order chi connectivity index (χ1) is 8.58. The van der Waals surface area contributed by atoms with Crippen LogP contribution in [0.2, 0.25) is 10.0 Å². The van der Waals surface area contributed by atoms with Crippen LogP contribution in [0.5, 0.6) is 0 Å². The van der Waals surface area contributed by atoms with Gasteiger partial charge in [-0.1, -0.05) is 41.4 Å². The number of hydrogen-bond donors (Lipinski definition) is 1. The van der Waals surface area contributed by atoms with Crippen LogP contribution in [-0.4, -0.2) is 0 Å². The maximum absolute atomic E-state index is 13.3. The third-order valence-electron chi connectivity index (χ3n) is 2.63. The summed E-state index contributed by atoms with van der Waals surface area (Å²) in [5, 5.41) is 3.93. The Kier molecular flexibility index (Phi) is 4.10. The Labute approximate surface area is 116 Å². The first-order valence-electron chi connectivity index (χ1n) is 5.51. The van der Waals surface area contributed by atoms with E-state index in [1.165, 1.54) is 6.07 Å². The number of aryl methyl sites for hydroxylation is 1. The van der Waals surface area contributed by atoms with Gasteiger partial charge in [0.1, 0.15) is 5.82 Å². The van der Waals surface area contributed by atoms with Gasteiger partial charge in [0.2, 0.25) is 0 Å². The molecule has 0 spiro atoms. The highest BCUT2D eigenvalue weighted by molar-refractivity contribution is 6.33. The van der Waals surface area contributed by atoms with Gasteiger partial charge in [0.05, 0.1) is 15.7 Å². The predicted octanol–water partition coefficient (Wildman–Crippen LogP) is 5.05. The van der Waals surface area contributed by atoms with Crippen molar-refractivity contribution < 1.29 is 4.39 Å². The molecule has 4 heteroatoms. The van der Waals surface area contributed by atoms with Gasteiger partial charge in [-0.3, -0.25) is 0 Å². The van der Waals surface area contributed by atoms with E-state index in [4.69, 9.17) is 23.2 Å². The molecule has 0 aliphatic heterocycles. The monoisotopic (exact) mass is 283 g/mol. The van der Waals surface area contributed by atoms with Gasteiger partial charge in [-0.05, 0) is 36.2 Å². The average Bonchev–Trinajstić information content (AvgIpc) is 2.33. The molecule has 1 nitrogen and oxygen atoms in total. The van der Waals surface area contributed by atoms with Crippen LogP contribution in [0.3, 0.4) is 0 Å². The summed E-state index contributed by atoms with van der Waals surface area (Å²) >= 11 is 12.0. The van der Waals surface area contributed by atoms with Crippen LogP contribution in [0, 0.1) is 12.7 Å². The summed E-state index contributed by atoms with van der Waals surface area (Å²) in [6, 6.07) is 10.5. The minimum atomic E-state index is -0.411. The van der Waals surface area contributed by atoms with E-state index >= 15 is 0 Å². The van der Waals surface area contributed by atoms with Crippen molar-refractivity contribution in [2.75, 3.05) is 5.32 Å². The van der Waals surface area contributed by atoms with Gasteiger partial charge >= 0.3 is 0 Å². The smallest absolute Gasteiger partial charge is 0.142 e. The lowest BCUT2D eigenvalue weighted by Gasteiger charge is -2.10. The lowest BCUT2D eigenvalue weighted by Crippen LogP contribution is -2.01. The van der Waals surface area contributed by atoms with Crippen LogP contribution in [0.15, 0.2) is 36.4 Å². The molecule has 0 amide bonds. The Bertz CT molecular complexity index is 570. The number of hydrogen-bond acceptors (Lipinski definition) is 1. The third-order valence-corrected chi connectivity index (χ3v) is 3.36. The molecule has 0 heterocycles. The maximum Gasteiger partial charge on any atom is 0.142 e. The molecule has 0 radical (unpaired) electrons. The molecule has 0 aliphatic rings. The molecule has 0 aromatic heterocycles. The summed E-state index contributed by atoms with van der Waals surface area (Å²) in [5.41, 5.74) is 2.60. The minimum absolute atomic E-state index is 0.147. The van der Waals surface area contributed by atoms with E-state index < -0.39 is 5.82 Å². The molecule has 2 aromatic rings. The Balaban J connectivity index is 2.14. The van der Waals surface area contributed by atoms with Gasteiger partial charge in [-0.25, -0.2) is 4.39 Å². The van der Waals surface area contributed by atoms with Crippen molar-refractivity contribution in [2.45, 2.75) is 13.5 Å². The van der Waals surface area contributed by atoms with Crippen molar-refractivity contribution in [1.82, 2.24) is 0 Å². The van der Waals surface area contributed by atoms with E-state index in [1.807, 2.05) is 25.1 Å². The van der Waals surface area contributed by atoms with Crippen LogP contribution >= 0.6 is 23.2 Å². The molecule has 2 rings (SSSR count). The van der Waals surface area contributed by atoms with Gasteiger partial charge in [-0.15, -0.1) is 0 Å². The number of rotatable bonds is 3. The molecule has 0 atom stereocenters. The topological polar surface area (TPSA) is 12.0 Å². The van der Waals surface area contributed by atoms with Crippen molar-refractivity contribution in [2.24, 2.45) is 0 Å². The van der Waals surface area contributed by atoms with Crippen LogP contribution in [-0.2, 0) is 6.54 Å². The Morgan fingerprint density at radius 3 is 2.67 bits per heavy atom. The summed E-state index contributed by atoms with van der Waals surface area (Å²) in [6.07, 6.45) is 0. The molecule has 0 saturated carbocycles. The van der Waals surface area contributed by atoms with Crippen molar-refractivity contribution in [3.63, 3.8) is 0 Å². The highest BCUT2D eigenvalue weighted by atomic mass is 35.5. The number of nitrogens with one attached hydrogen (secondary N) is 1. The molecule has 0 aliphatic carbocycles. The predicted molar refractivity (Wildman–Crippen MR) is 74.9 cm³/mol. The first kappa shape index (κ1) is 13.2. The summed E-state index contributed by atoms with van der Waals surface area (Å²) < 4.78 is 13.3. The van der Waals surface area contributed by atoms with Crippen LogP contribution < -0.4 is 5.32 Å². The number of anilines is 1. The Hall–Kier alpha value is -1.25. The van der Waals surface area contributed by atoms with E-state index in [0.717, 1.165) is 11.3 Å². The molecule has 0 saturated heterocycles. The highest BCUT2D eigenvalue weighted by Gasteiger charge is 2.06. The molecule has 0 fully saturated rings. The summed E-state index contributed by atoms with van der Waals surface area (Å²) in [6.45, 7) is 2.40. The molecule has 0 bridgehead atoms. The van der Waals surface area contributed by atoms with E-state index in [2.05, 4.69) is 5.32 Å². The molecule has 1 N–H and O–H groups in total. The molecular weight excluding hydrogens is 272 g/mol. The van der Waals surface area contributed by atoms with E-state index in [9.17, 15) is 4.39 Å². The van der Waals surface area contributed by atoms with E-state index in [1.54, 1.807) is 12.1 Å². The highest BCUT2D eigenvalue weighted by Crippen LogP contribution is 2.25. The van der Waals surface area contributed by atoms with Crippen molar-refractivity contribution >= 4 is 28.9 Å². The number of halogens is 3. The zero-order chi connectivity index (χ0) is 13.1. The van der Waals surface area contributed by atoms with Crippen LogP contribution in [0.1, 0.15) is 11.1 Å². The zero-order valence-electron chi connectivity index (χ0n) is 9.81. The SMILES string of the molecule is Cc1ccc(NCc2cccc(F)c2Cl)c(Cl)c1. The minimum Gasteiger partial charge on any atom is -0.380 e. The average molecular weight is 284 g/mol. The molecule has 2 aromatic carbocycles. The fraction of sp³-hybridized carbons (Fsp3) is 0.143. The maximum atomic E-state index is 13.3. The van der Waals surface area contributed by atoms with Crippen molar-refractivity contribution in [1.29, 1.82) is 0 Å². The number of benzene rings is 2. The van der Waals surface area contributed by atoms with Crippen LogP contribution in [0.4, 0.5) is 10.1 Å². The van der Waals surface area contributed by atoms with E-state index in [0.29, 0.717) is 17.1 Å². The summed E-state index contributed by atoms with van der Waals surface area (Å²) in [5.74, 6) is -0.411. The zero-order valence-corrected chi connectivity index (χ0v) is 11.3. The van der Waals surface area contributed by atoms with Gasteiger partial charge in [-0.2, -0.15) is 0 Å².